The number of rotatable bonds is 4. The van der Waals surface area contributed by atoms with Crippen molar-refractivity contribution in [3.05, 3.63) is 59.8 Å². The van der Waals surface area contributed by atoms with Gasteiger partial charge in [0.25, 0.3) is 5.91 Å². The van der Waals surface area contributed by atoms with E-state index in [1.165, 1.54) is 12.3 Å². The van der Waals surface area contributed by atoms with E-state index in [0.29, 0.717) is 36.8 Å². The molecule has 0 saturated carbocycles. The maximum Gasteiger partial charge on any atom is 0.435 e. The Kier molecular flexibility index (Phi) is 5.55. The van der Waals surface area contributed by atoms with Crippen LogP contribution in [0, 0.1) is 5.82 Å². The number of hydrogen-bond donors (Lipinski definition) is 1. The molecule has 2 aromatic heterocycles. The van der Waals surface area contributed by atoms with Gasteiger partial charge >= 0.3 is 6.18 Å². The van der Waals surface area contributed by atoms with Crippen molar-refractivity contribution in [2.45, 2.75) is 6.18 Å². The van der Waals surface area contributed by atoms with Gasteiger partial charge in [0, 0.05) is 13.1 Å². The van der Waals surface area contributed by atoms with E-state index < -0.39 is 29.3 Å². The van der Waals surface area contributed by atoms with E-state index in [1.807, 2.05) is 4.90 Å². The first-order valence-corrected chi connectivity index (χ1v) is 9.22. The lowest BCUT2D eigenvalue weighted by atomic mass is 10.2. The van der Waals surface area contributed by atoms with Crippen LogP contribution in [0.15, 0.2) is 42.6 Å². The highest BCUT2D eigenvalue weighted by Gasteiger charge is 2.42. The van der Waals surface area contributed by atoms with E-state index >= 15 is 0 Å². The second-order valence-corrected chi connectivity index (χ2v) is 6.63. The number of aromatic nitrogens is 4. The summed E-state index contributed by atoms with van der Waals surface area (Å²) >= 11 is 0. The van der Waals surface area contributed by atoms with Crippen LogP contribution in [0.4, 0.5) is 29.1 Å². The van der Waals surface area contributed by atoms with E-state index in [9.17, 15) is 22.4 Å². The third kappa shape index (κ3) is 4.48. The van der Waals surface area contributed by atoms with Crippen molar-refractivity contribution < 1.29 is 27.1 Å². The van der Waals surface area contributed by atoms with Gasteiger partial charge in [0.05, 0.1) is 30.8 Å². The number of alkyl halides is 3. The SMILES string of the molecule is O=C(Nc1ccc(N2CCOCC2)nc1)c1nnn(-c2ccc(F)cc2)c1C(F)(F)F. The van der Waals surface area contributed by atoms with E-state index in [4.69, 9.17) is 4.74 Å². The van der Waals surface area contributed by atoms with Crippen LogP contribution in [0.5, 0.6) is 0 Å². The van der Waals surface area contributed by atoms with Crippen molar-refractivity contribution in [2.75, 3.05) is 36.5 Å². The number of carbonyl (C=O) groups is 1. The molecule has 3 heterocycles. The summed E-state index contributed by atoms with van der Waals surface area (Å²) in [5, 5.41) is 9.22. The summed E-state index contributed by atoms with van der Waals surface area (Å²) in [5.74, 6) is -1.05. The molecule has 1 saturated heterocycles. The molecule has 12 heteroatoms. The molecule has 0 aliphatic carbocycles. The van der Waals surface area contributed by atoms with Crippen molar-refractivity contribution in [3.63, 3.8) is 0 Å². The minimum Gasteiger partial charge on any atom is -0.378 e. The van der Waals surface area contributed by atoms with Gasteiger partial charge in [-0.05, 0) is 36.4 Å². The molecule has 0 spiro atoms. The first-order chi connectivity index (χ1) is 14.8. The fourth-order valence-corrected chi connectivity index (χ4v) is 3.08. The second kappa shape index (κ2) is 8.30. The summed E-state index contributed by atoms with van der Waals surface area (Å²) in [6, 6.07) is 7.37. The number of halogens is 4. The van der Waals surface area contributed by atoms with Crippen molar-refractivity contribution in [1.82, 2.24) is 20.0 Å². The highest BCUT2D eigenvalue weighted by atomic mass is 19.4. The van der Waals surface area contributed by atoms with Gasteiger partial charge < -0.3 is 15.0 Å². The maximum atomic E-state index is 13.7. The van der Waals surface area contributed by atoms with Gasteiger partial charge in [-0.25, -0.2) is 14.1 Å². The van der Waals surface area contributed by atoms with Gasteiger partial charge in [0.2, 0.25) is 0 Å². The molecule has 0 bridgehead atoms. The number of amides is 1. The molecule has 1 amide bonds. The molecule has 1 aromatic carbocycles. The average molecular weight is 436 g/mol. The van der Waals surface area contributed by atoms with Crippen LogP contribution in [0.25, 0.3) is 5.69 Å². The van der Waals surface area contributed by atoms with E-state index in [1.54, 1.807) is 6.07 Å². The third-order valence-electron chi connectivity index (χ3n) is 4.57. The second-order valence-electron chi connectivity index (χ2n) is 6.63. The van der Waals surface area contributed by atoms with Gasteiger partial charge in [0.15, 0.2) is 11.4 Å². The Hall–Kier alpha value is -3.54. The Labute approximate surface area is 173 Å². The lowest BCUT2D eigenvalue weighted by molar-refractivity contribution is -0.143. The summed E-state index contributed by atoms with van der Waals surface area (Å²) in [6.45, 7) is 2.48. The first-order valence-electron chi connectivity index (χ1n) is 9.22. The van der Waals surface area contributed by atoms with E-state index in [-0.39, 0.29) is 11.4 Å². The van der Waals surface area contributed by atoms with Crippen LogP contribution in [-0.2, 0) is 10.9 Å². The zero-order valence-electron chi connectivity index (χ0n) is 15.9. The van der Waals surface area contributed by atoms with Gasteiger partial charge in [0.1, 0.15) is 11.6 Å². The van der Waals surface area contributed by atoms with Crippen molar-refractivity contribution in [2.24, 2.45) is 0 Å². The largest absolute Gasteiger partial charge is 0.435 e. The topological polar surface area (TPSA) is 85.2 Å². The molecule has 4 rings (SSSR count). The Balaban J connectivity index is 1.57. The zero-order chi connectivity index (χ0) is 22.0. The Bertz CT molecular complexity index is 1060. The van der Waals surface area contributed by atoms with Crippen molar-refractivity contribution >= 4 is 17.4 Å². The van der Waals surface area contributed by atoms with Crippen molar-refractivity contribution in [3.8, 4) is 5.69 Å². The minimum absolute atomic E-state index is 0.0863. The van der Waals surface area contributed by atoms with Crippen LogP contribution in [0.1, 0.15) is 16.2 Å². The fourth-order valence-electron chi connectivity index (χ4n) is 3.08. The monoisotopic (exact) mass is 436 g/mol. The normalized spacial score (nSPS) is 14.5. The molecule has 1 aliphatic rings. The minimum atomic E-state index is -4.93. The Morgan fingerprint density at radius 1 is 1.06 bits per heavy atom. The standard InChI is InChI=1S/C19H16F4N6O2/c20-12-1-4-14(5-2-12)29-17(19(21,22)23)16(26-27-29)18(30)25-13-3-6-15(24-11-13)28-7-9-31-10-8-28/h1-6,11H,7-10H2,(H,25,30). The third-order valence-corrected chi connectivity index (χ3v) is 4.57. The summed E-state index contributed by atoms with van der Waals surface area (Å²) in [4.78, 5) is 18.8. The molecule has 1 fully saturated rings. The first kappa shape index (κ1) is 20.7. The maximum absolute atomic E-state index is 13.7. The number of carbonyl (C=O) groups excluding carboxylic acids is 1. The summed E-state index contributed by atoms with van der Waals surface area (Å²) in [6.07, 6.45) is -3.58. The Morgan fingerprint density at radius 2 is 1.77 bits per heavy atom. The van der Waals surface area contributed by atoms with Gasteiger partial charge in [-0.3, -0.25) is 4.79 Å². The van der Waals surface area contributed by atoms with Crippen LogP contribution in [0.3, 0.4) is 0 Å². The molecular weight excluding hydrogens is 420 g/mol. The summed E-state index contributed by atoms with van der Waals surface area (Å²) < 4.78 is 59.9. The van der Waals surface area contributed by atoms with Crippen LogP contribution < -0.4 is 10.2 Å². The zero-order valence-corrected chi connectivity index (χ0v) is 15.9. The predicted octanol–water partition coefficient (Wildman–Crippen LogP) is 2.91. The smallest absolute Gasteiger partial charge is 0.378 e. The predicted molar refractivity (Wildman–Crippen MR) is 102 cm³/mol. The molecule has 31 heavy (non-hydrogen) atoms. The highest BCUT2D eigenvalue weighted by Crippen LogP contribution is 2.33. The van der Waals surface area contributed by atoms with Gasteiger partial charge in [-0.2, -0.15) is 13.2 Å². The van der Waals surface area contributed by atoms with E-state index in [2.05, 4.69) is 20.6 Å². The molecule has 0 unspecified atom stereocenters. The molecule has 162 valence electrons. The fraction of sp³-hybridized carbons (Fsp3) is 0.263. The molecule has 1 N–H and O–H groups in total. The lowest BCUT2D eigenvalue weighted by Crippen LogP contribution is -2.36. The highest BCUT2D eigenvalue weighted by molar-refractivity contribution is 6.03. The summed E-state index contributed by atoms with van der Waals surface area (Å²) in [7, 11) is 0. The number of ether oxygens (including phenoxy) is 1. The van der Waals surface area contributed by atoms with Crippen molar-refractivity contribution in [1.29, 1.82) is 0 Å². The van der Waals surface area contributed by atoms with Crippen LogP contribution in [0.2, 0.25) is 0 Å². The molecule has 0 atom stereocenters. The van der Waals surface area contributed by atoms with Gasteiger partial charge in [-0.15, -0.1) is 5.10 Å². The van der Waals surface area contributed by atoms with Crippen LogP contribution >= 0.6 is 0 Å². The number of nitrogens with one attached hydrogen (secondary N) is 1. The number of hydrogen-bond acceptors (Lipinski definition) is 6. The quantitative estimate of drug-likeness (QED) is 0.634. The summed E-state index contributed by atoms with van der Waals surface area (Å²) in [5.41, 5.74) is -2.16. The number of pyridine rings is 1. The molecule has 1 aliphatic heterocycles. The van der Waals surface area contributed by atoms with Gasteiger partial charge in [-0.1, -0.05) is 5.21 Å². The Morgan fingerprint density at radius 3 is 2.39 bits per heavy atom. The molecule has 3 aromatic rings. The van der Waals surface area contributed by atoms with E-state index in [0.717, 1.165) is 24.3 Å². The number of nitrogens with zero attached hydrogens (tertiary/aromatic N) is 5. The molecular formula is C19H16F4N6O2. The van der Waals surface area contributed by atoms with Crippen LogP contribution in [-0.4, -0.2) is 52.2 Å². The molecule has 8 nitrogen and oxygen atoms in total. The number of anilines is 2. The number of benzene rings is 1. The molecule has 0 radical (unpaired) electrons. The average Bonchev–Trinajstić information content (AvgIpc) is 3.21. The lowest BCUT2D eigenvalue weighted by Gasteiger charge is -2.27. The number of morpholine rings is 1.